The Morgan fingerprint density at radius 1 is 0.952 bits per heavy atom. The van der Waals surface area contributed by atoms with Gasteiger partial charge in [0.2, 0.25) is 0 Å². The van der Waals surface area contributed by atoms with Gasteiger partial charge in [0.25, 0.3) is 0 Å². The van der Waals surface area contributed by atoms with Gasteiger partial charge in [-0.05, 0) is 42.5 Å². The van der Waals surface area contributed by atoms with Crippen LogP contribution in [-0.4, -0.2) is 11.4 Å². The second-order valence-electron chi connectivity index (χ2n) is 4.93. The van der Waals surface area contributed by atoms with Crippen LogP contribution in [0.25, 0.3) is 10.8 Å². The Morgan fingerprint density at radius 3 is 2.67 bits per heavy atom. The molecule has 3 aromatic rings. The van der Waals surface area contributed by atoms with Gasteiger partial charge in [-0.1, -0.05) is 12.1 Å². The van der Waals surface area contributed by atoms with Crippen LogP contribution >= 0.6 is 0 Å². The lowest BCUT2D eigenvalue weighted by atomic mass is 10.0. The number of nitrogens with one attached hydrogen (secondary N) is 2. The van der Waals surface area contributed by atoms with Gasteiger partial charge in [0.1, 0.15) is 5.75 Å². The fraction of sp³-hybridized carbons (Fsp3) is 0. The number of hydrogen-bond donors (Lipinski definition) is 3. The quantitative estimate of drug-likeness (QED) is 0.608. The van der Waals surface area contributed by atoms with Crippen molar-refractivity contribution in [3.8, 4) is 5.75 Å². The molecule has 0 fully saturated rings. The predicted octanol–water partition coefficient (Wildman–Crippen LogP) is 4.37. The van der Waals surface area contributed by atoms with Gasteiger partial charge in [-0.3, -0.25) is 0 Å². The number of phenolic OH excluding ortho intramolecular Hbond substituents is 1. The van der Waals surface area contributed by atoms with Crippen LogP contribution in [0.2, 0.25) is 0 Å². The van der Waals surface area contributed by atoms with E-state index in [0.29, 0.717) is 0 Å². The Bertz CT molecular complexity index is 854. The summed E-state index contributed by atoms with van der Waals surface area (Å²) >= 11 is 0. The monoisotopic (exact) mass is 275 g/mol. The zero-order valence-electron chi connectivity index (χ0n) is 11.2. The molecule has 0 amide bonds. The highest BCUT2D eigenvalue weighted by Crippen LogP contribution is 2.39. The normalized spacial score (nSPS) is 12.2. The van der Waals surface area contributed by atoms with Crippen molar-refractivity contribution in [3.05, 3.63) is 54.6 Å². The summed E-state index contributed by atoms with van der Waals surface area (Å²) in [6.45, 7) is 0. The molecule has 3 aromatic carbocycles. The average molecular weight is 275 g/mol. The van der Waals surface area contributed by atoms with Gasteiger partial charge in [-0.25, -0.2) is 4.99 Å². The molecule has 0 spiro atoms. The fourth-order valence-electron chi connectivity index (χ4n) is 2.60. The van der Waals surface area contributed by atoms with E-state index in [2.05, 4.69) is 21.7 Å². The van der Waals surface area contributed by atoms with E-state index in [1.165, 1.54) is 0 Å². The molecule has 1 aliphatic heterocycles. The smallest absolute Gasteiger partial charge is 0.115 e. The molecule has 102 valence electrons. The fourth-order valence-corrected chi connectivity index (χ4v) is 2.60. The summed E-state index contributed by atoms with van der Waals surface area (Å²) in [6, 6.07) is 17.2. The summed E-state index contributed by atoms with van der Waals surface area (Å²) in [4.78, 5) is 4.37. The summed E-state index contributed by atoms with van der Waals surface area (Å²) in [5.41, 5.74) is 3.98. The number of benzene rings is 3. The first-order chi connectivity index (χ1) is 10.3. The first-order valence-electron chi connectivity index (χ1n) is 6.72. The summed E-state index contributed by atoms with van der Waals surface area (Å²) < 4.78 is 0. The van der Waals surface area contributed by atoms with Crippen molar-refractivity contribution in [2.75, 3.05) is 10.6 Å². The van der Waals surface area contributed by atoms with Crippen LogP contribution in [0.1, 0.15) is 0 Å². The van der Waals surface area contributed by atoms with Crippen molar-refractivity contribution < 1.29 is 5.11 Å². The van der Waals surface area contributed by atoms with Gasteiger partial charge in [0, 0.05) is 27.8 Å². The Balaban J connectivity index is 1.85. The highest BCUT2D eigenvalue weighted by Gasteiger charge is 2.12. The Labute approximate surface area is 121 Å². The van der Waals surface area contributed by atoms with Crippen molar-refractivity contribution >= 4 is 39.9 Å². The molecule has 0 radical (unpaired) electrons. The number of anilines is 3. The first kappa shape index (κ1) is 11.8. The zero-order chi connectivity index (χ0) is 14.2. The molecule has 0 bridgehead atoms. The van der Waals surface area contributed by atoms with E-state index in [-0.39, 0.29) is 5.75 Å². The molecular weight excluding hydrogens is 262 g/mol. The van der Waals surface area contributed by atoms with E-state index in [4.69, 9.17) is 0 Å². The molecule has 0 saturated heterocycles. The van der Waals surface area contributed by atoms with E-state index in [1.807, 2.05) is 36.4 Å². The number of rotatable bonds is 2. The minimum Gasteiger partial charge on any atom is -0.508 e. The maximum atomic E-state index is 9.35. The highest BCUT2D eigenvalue weighted by molar-refractivity contribution is 6.12. The molecule has 1 aliphatic rings. The molecule has 4 heteroatoms. The summed E-state index contributed by atoms with van der Waals surface area (Å²) in [6.07, 6.45) is 1.71. The van der Waals surface area contributed by atoms with E-state index < -0.39 is 0 Å². The number of nitrogens with zero attached hydrogens (tertiary/aromatic N) is 1. The highest BCUT2D eigenvalue weighted by atomic mass is 16.3. The molecule has 4 rings (SSSR count). The van der Waals surface area contributed by atoms with Crippen LogP contribution in [0.4, 0.5) is 22.7 Å². The van der Waals surface area contributed by atoms with Crippen LogP contribution in [0.3, 0.4) is 0 Å². The largest absolute Gasteiger partial charge is 0.508 e. The topological polar surface area (TPSA) is 56.6 Å². The van der Waals surface area contributed by atoms with Crippen LogP contribution in [0, 0.1) is 0 Å². The molecule has 0 saturated carbocycles. The van der Waals surface area contributed by atoms with E-state index in [1.54, 1.807) is 18.5 Å². The van der Waals surface area contributed by atoms with Gasteiger partial charge in [0.05, 0.1) is 12.0 Å². The predicted molar refractivity (Wildman–Crippen MR) is 87.1 cm³/mol. The third kappa shape index (κ3) is 1.97. The number of aromatic hydroxyl groups is 1. The maximum Gasteiger partial charge on any atom is 0.115 e. The Kier molecular flexibility index (Phi) is 2.54. The minimum absolute atomic E-state index is 0.260. The molecule has 0 atom stereocenters. The van der Waals surface area contributed by atoms with E-state index >= 15 is 0 Å². The third-order valence-corrected chi connectivity index (χ3v) is 3.59. The van der Waals surface area contributed by atoms with Crippen molar-refractivity contribution in [1.29, 1.82) is 0 Å². The Morgan fingerprint density at radius 2 is 1.81 bits per heavy atom. The van der Waals surface area contributed by atoms with Gasteiger partial charge >= 0.3 is 0 Å². The minimum atomic E-state index is 0.260. The lowest BCUT2D eigenvalue weighted by Crippen LogP contribution is -2.00. The summed E-state index contributed by atoms with van der Waals surface area (Å²) in [7, 11) is 0. The SMILES string of the molecule is Oc1ccc(Nc2ccc3c4c(cccc24)NC=N3)cc1. The molecule has 0 unspecified atom stereocenters. The van der Waals surface area contributed by atoms with Crippen LogP contribution < -0.4 is 10.6 Å². The summed E-state index contributed by atoms with van der Waals surface area (Å²) in [5, 5.41) is 18.1. The zero-order valence-corrected chi connectivity index (χ0v) is 11.2. The molecule has 0 aromatic heterocycles. The number of hydrogen-bond acceptors (Lipinski definition) is 4. The lowest BCUT2D eigenvalue weighted by Gasteiger charge is -2.16. The van der Waals surface area contributed by atoms with Crippen molar-refractivity contribution in [1.82, 2.24) is 0 Å². The molecule has 0 aliphatic carbocycles. The molecule has 4 nitrogen and oxygen atoms in total. The van der Waals surface area contributed by atoms with Gasteiger partial charge < -0.3 is 15.7 Å². The van der Waals surface area contributed by atoms with Gasteiger partial charge in [-0.15, -0.1) is 0 Å². The van der Waals surface area contributed by atoms with Gasteiger partial charge in [-0.2, -0.15) is 0 Å². The molecule has 21 heavy (non-hydrogen) atoms. The van der Waals surface area contributed by atoms with Crippen molar-refractivity contribution in [2.45, 2.75) is 0 Å². The van der Waals surface area contributed by atoms with Crippen molar-refractivity contribution in [3.63, 3.8) is 0 Å². The average Bonchev–Trinajstić information content (AvgIpc) is 2.52. The van der Waals surface area contributed by atoms with Crippen LogP contribution in [0.15, 0.2) is 59.6 Å². The van der Waals surface area contributed by atoms with E-state index in [9.17, 15) is 5.11 Å². The first-order valence-corrected chi connectivity index (χ1v) is 6.72. The Hall–Kier alpha value is -3.01. The molecule has 1 heterocycles. The maximum absolute atomic E-state index is 9.35. The second-order valence-corrected chi connectivity index (χ2v) is 4.93. The number of phenols is 1. The van der Waals surface area contributed by atoms with Crippen molar-refractivity contribution in [2.24, 2.45) is 4.99 Å². The number of aliphatic imine (C=N–C) groups is 1. The third-order valence-electron chi connectivity index (χ3n) is 3.59. The molecule has 3 N–H and O–H groups in total. The van der Waals surface area contributed by atoms with Crippen LogP contribution in [-0.2, 0) is 0 Å². The van der Waals surface area contributed by atoms with E-state index in [0.717, 1.165) is 33.5 Å². The van der Waals surface area contributed by atoms with Gasteiger partial charge in [0.15, 0.2) is 0 Å². The van der Waals surface area contributed by atoms with Crippen LogP contribution in [0.5, 0.6) is 5.75 Å². The second kappa shape index (κ2) is 4.52. The standard InChI is InChI=1S/C17H13N3O/c21-12-6-4-11(5-7-12)20-14-8-9-16-17-13(14)2-1-3-15(17)18-10-19-16/h1-10,20-21H,(H,18,19). The molecular formula is C17H13N3O. The lowest BCUT2D eigenvalue weighted by molar-refractivity contribution is 0.475. The summed E-state index contributed by atoms with van der Waals surface area (Å²) in [5.74, 6) is 0.260.